The van der Waals surface area contributed by atoms with Gasteiger partial charge in [0.05, 0.1) is 17.7 Å². The van der Waals surface area contributed by atoms with Gasteiger partial charge in [-0.2, -0.15) is 0 Å². The molecule has 0 atom stereocenters. The quantitative estimate of drug-likeness (QED) is 0.501. The lowest BCUT2D eigenvalue weighted by Gasteiger charge is -2.37. The molecule has 2 aliphatic rings. The fourth-order valence-electron chi connectivity index (χ4n) is 4.72. The van der Waals surface area contributed by atoms with E-state index in [1.54, 1.807) is 18.3 Å². The number of fused-ring (bicyclic) bond motifs is 2. The molecule has 5 rings (SSSR count). The van der Waals surface area contributed by atoms with Crippen LogP contribution >= 0.6 is 11.6 Å². The van der Waals surface area contributed by atoms with Crippen molar-refractivity contribution in [3.8, 4) is 5.75 Å². The first-order valence-corrected chi connectivity index (χ1v) is 12.9. The summed E-state index contributed by atoms with van der Waals surface area (Å²) in [5, 5.41) is 0.100. The Kier molecular flexibility index (Phi) is 5.81. The second-order valence-corrected chi connectivity index (χ2v) is 10.7. The lowest BCUT2D eigenvalue weighted by Crippen LogP contribution is -2.39. The van der Waals surface area contributed by atoms with Crippen LogP contribution in [0.4, 0.5) is 10.1 Å². The smallest absolute Gasteiger partial charge is 0.264 e. The summed E-state index contributed by atoms with van der Waals surface area (Å²) in [6, 6.07) is 12.3. The van der Waals surface area contributed by atoms with Crippen LogP contribution in [0.1, 0.15) is 36.1 Å². The number of ether oxygens (including phenoxy) is 1. The van der Waals surface area contributed by atoms with E-state index >= 15 is 0 Å². The highest BCUT2D eigenvalue weighted by molar-refractivity contribution is 7.92. The Bertz CT molecular complexity index is 1380. The molecule has 1 fully saturated rings. The van der Waals surface area contributed by atoms with Gasteiger partial charge in [-0.05, 0) is 54.8 Å². The highest BCUT2D eigenvalue weighted by atomic mass is 35.5. The van der Waals surface area contributed by atoms with E-state index in [2.05, 4.69) is 9.71 Å². The van der Waals surface area contributed by atoms with Crippen LogP contribution in [-0.2, 0) is 33.1 Å². The highest BCUT2D eigenvalue weighted by Gasteiger charge is 2.51. The van der Waals surface area contributed by atoms with Gasteiger partial charge in [0, 0.05) is 41.4 Å². The van der Waals surface area contributed by atoms with Crippen LogP contribution in [0.3, 0.4) is 0 Å². The van der Waals surface area contributed by atoms with E-state index in [1.165, 1.54) is 6.07 Å². The normalized spacial score (nSPS) is 16.2. The Morgan fingerprint density at radius 2 is 1.97 bits per heavy atom. The SMILES string of the molecule is O=C1Cc2c(OCCc3ccccn3)cc(NS(=O)(=O)c3ccc(Cl)cc3F)cc2C12CCC2. The van der Waals surface area contributed by atoms with Crippen molar-refractivity contribution in [2.45, 2.75) is 42.4 Å². The number of halogens is 2. The number of carbonyl (C=O) groups is 1. The van der Waals surface area contributed by atoms with Crippen LogP contribution in [0.15, 0.2) is 59.6 Å². The van der Waals surface area contributed by atoms with Gasteiger partial charge in [-0.1, -0.05) is 24.1 Å². The summed E-state index contributed by atoms with van der Waals surface area (Å²) in [5.41, 5.74) is 2.10. The van der Waals surface area contributed by atoms with Crippen molar-refractivity contribution in [3.05, 3.63) is 82.4 Å². The van der Waals surface area contributed by atoms with Crippen LogP contribution in [0, 0.1) is 5.82 Å². The van der Waals surface area contributed by atoms with E-state index in [9.17, 15) is 17.6 Å². The van der Waals surface area contributed by atoms with Crippen LogP contribution in [-0.4, -0.2) is 25.8 Å². The van der Waals surface area contributed by atoms with Gasteiger partial charge in [-0.25, -0.2) is 12.8 Å². The first-order chi connectivity index (χ1) is 16.3. The van der Waals surface area contributed by atoms with Crippen LogP contribution in [0.2, 0.25) is 5.02 Å². The summed E-state index contributed by atoms with van der Waals surface area (Å²) in [7, 11) is -4.23. The van der Waals surface area contributed by atoms with Crippen LogP contribution in [0.25, 0.3) is 0 Å². The zero-order chi connectivity index (χ0) is 23.9. The molecular formula is C25H22ClFN2O4S. The Morgan fingerprint density at radius 1 is 1.15 bits per heavy atom. The number of hydrogen-bond acceptors (Lipinski definition) is 5. The number of pyridine rings is 1. The Labute approximate surface area is 202 Å². The van der Waals surface area contributed by atoms with Gasteiger partial charge in [-0.3, -0.25) is 14.5 Å². The molecule has 2 aliphatic carbocycles. The molecule has 0 bridgehead atoms. The molecule has 1 spiro atoms. The Hall–Kier alpha value is -2.97. The lowest BCUT2D eigenvalue weighted by atomic mass is 9.64. The third-order valence-electron chi connectivity index (χ3n) is 6.58. The molecule has 1 aromatic heterocycles. The largest absolute Gasteiger partial charge is 0.493 e. The summed E-state index contributed by atoms with van der Waals surface area (Å²) in [4.78, 5) is 16.7. The number of rotatable bonds is 7. The average molecular weight is 501 g/mol. The molecule has 1 N–H and O–H groups in total. The molecule has 0 amide bonds. The summed E-state index contributed by atoms with van der Waals surface area (Å²) >= 11 is 5.76. The van der Waals surface area contributed by atoms with Gasteiger partial charge in [-0.15, -0.1) is 0 Å². The minimum absolute atomic E-state index is 0.100. The van der Waals surface area contributed by atoms with Crippen molar-refractivity contribution in [3.63, 3.8) is 0 Å². The first kappa shape index (κ1) is 22.8. The van der Waals surface area contributed by atoms with E-state index < -0.39 is 26.2 Å². The maximum Gasteiger partial charge on any atom is 0.264 e. The number of Topliss-reactive ketones (excluding diaryl/α,β-unsaturated/α-hetero) is 1. The minimum atomic E-state index is -4.23. The average Bonchev–Trinajstić information content (AvgIpc) is 3.06. The molecule has 34 heavy (non-hydrogen) atoms. The van der Waals surface area contributed by atoms with Gasteiger partial charge in [0.1, 0.15) is 22.2 Å². The predicted octanol–water partition coefficient (Wildman–Crippen LogP) is 4.84. The molecule has 1 heterocycles. The number of benzene rings is 2. The van der Waals surface area contributed by atoms with Crippen molar-refractivity contribution >= 4 is 33.1 Å². The summed E-state index contributed by atoms with van der Waals surface area (Å²) in [5.74, 6) is -0.356. The monoisotopic (exact) mass is 500 g/mol. The number of aromatic nitrogens is 1. The maximum atomic E-state index is 14.3. The standard InChI is InChI=1S/C25H22ClFN2O4S/c26-16-5-6-23(21(27)12-16)34(31,32)29-18-13-20-19(15-24(30)25(20)8-3-9-25)22(14-18)33-11-7-17-4-1-2-10-28-17/h1-2,4-6,10,12-14,29H,3,7-9,11,15H2. The van der Waals surface area contributed by atoms with Crippen LogP contribution < -0.4 is 9.46 Å². The molecule has 1 saturated carbocycles. The topological polar surface area (TPSA) is 85.4 Å². The van der Waals surface area contributed by atoms with Crippen molar-refractivity contribution in [1.82, 2.24) is 4.98 Å². The predicted molar refractivity (Wildman–Crippen MR) is 126 cm³/mol. The molecule has 9 heteroatoms. The maximum absolute atomic E-state index is 14.3. The Morgan fingerprint density at radius 3 is 2.65 bits per heavy atom. The number of hydrogen-bond donors (Lipinski definition) is 1. The molecule has 0 aliphatic heterocycles. The van der Waals surface area contributed by atoms with Gasteiger partial charge >= 0.3 is 0 Å². The first-order valence-electron chi connectivity index (χ1n) is 11.0. The minimum Gasteiger partial charge on any atom is -0.493 e. The fourth-order valence-corrected chi connectivity index (χ4v) is 5.98. The van der Waals surface area contributed by atoms with Crippen molar-refractivity contribution in [2.24, 2.45) is 0 Å². The number of sulfonamides is 1. The number of ketones is 1. The highest BCUT2D eigenvalue weighted by Crippen LogP contribution is 2.53. The summed E-state index contributed by atoms with van der Waals surface area (Å²) in [6.07, 6.45) is 4.92. The van der Waals surface area contributed by atoms with Gasteiger partial charge in [0.25, 0.3) is 10.0 Å². The molecule has 0 unspecified atom stereocenters. The van der Waals surface area contributed by atoms with Crippen molar-refractivity contribution in [2.75, 3.05) is 11.3 Å². The Balaban J connectivity index is 1.48. The number of nitrogens with zero attached hydrogens (tertiary/aromatic N) is 1. The zero-order valence-corrected chi connectivity index (χ0v) is 19.8. The zero-order valence-electron chi connectivity index (χ0n) is 18.2. The fraction of sp³-hybridized carbons (Fsp3) is 0.280. The van der Waals surface area contributed by atoms with Gasteiger partial charge in [0.2, 0.25) is 0 Å². The van der Waals surface area contributed by atoms with E-state index in [4.69, 9.17) is 16.3 Å². The summed E-state index contributed by atoms with van der Waals surface area (Å²) < 4.78 is 48.7. The number of nitrogens with one attached hydrogen (secondary N) is 1. The van der Waals surface area contributed by atoms with E-state index in [0.717, 1.165) is 48.2 Å². The molecular weight excluding hydrogens is 479 g/mol. The molecule has 176 valence electrons. The molecule has 3 aromatic rings. The second kappa shape index (κ2) is 8.67. The molecule has 2 aromatic carbocycles. The number of carbonyl (C=O) groups excluding carboxylic acids is 1. The molecule has 6 nitrogen and oxygen atoms in total. The molecule has 0 saturated heterocycles. The summed E-state index contributed by atoms with van der Waals surface area (Å²) in [6.45, 7) is 0.312. The van der Waals surface area contributed by atoms with Crippen molar-refractivity contribution < 1.29 is 22.3 Å². The third kappa shape index (κ3) is 4.05. The van der Waals surface area contributed by atoms with E-state index in [1.807, 2.05) is 18.2 Å². The van der Waals surface area contributed by atoms with Gasteiger partial charge < -0.3 is 4.74 Å². The molecule has 0 radical (unpaired) electrons. The van der Waals surface area contributed by atoms with E-state index in [0.29, 0.717) is 18.8 Å². The van der Waals surface area contributed by atoms with Crippen LogP contribution in [0.5, 0.6) is 5.75 Å². The third-order valence-corrected chi connectivity index (χ3v) is 8.23. The van der Waals surface area contributed by atoms with Crippen molar-refractivity contribution in [1.29, 1.82) is 0 Å². The lowest BCUT2D eigenvalue weighted by molar-refractivity contribution is -0.125. The number of anilines is 1. The van der Waals surface area contributed by atoms with E-state index in [-0.39, 0.29) is 22.9 Å². The van der Waals surface area contributed by atoms with Gasteiger partial charge in [0.15, 0.2) is 0 Å². The second-order valence-electron chi connectivity index (χ2n) is 8.64.